The van der Waals surface area contributed by atoms with Crippen molar-refractivity contribution in [2.24, 2.45) is 0 Å². The minimum Gasteiger partial charge on any atom is -0.507 e. The van der Waals surface area contributed by atoms with Gasteiger partial charge in [-0.3, -0.25) is 10.1 Å². The number of phenols is 1. The number of nitro groups is 1. The van der Waals surface area contributed by atoms with Gasteiger partial charge in [0.1, 0.15) is 11.5 Å². The molecular weight excluding hydrogens is 250 g/mol. The number of phenolic OH excluding ortho intramolecular Hbond substituents is 1. The molecule has 0 radical (unpaired) electrons. The van der Waals surface area contributed by atoms with Gasteiger partial charge in [-0.2, -0.15) is 0 Å². The van der Waals surface area contributed by atoms with Gasteiger partial charge in [-0.05, 0) is 18.2 Å². The number of hydrogen-bond donors (Lipinski definition) is 1. The van der Waals surface area contributed by atoms with Gasteiger partial charge < -0.3 is 9.84 Å². The minimum absolute atomic E-state index is 0.241. The van der Waals surface area contributed by atoms with Crippen molar-refractivity contribution in [1.82, 2.24) is 0 Å². The number of benzene rings is 2. The van der Waals surface area contributed by atoms with Crippen LogP contribution in [0.1, 0.15) is 10.4 Å². The van der Waals surface area contributed by atoms with Crippen molar-refractivity contribution in [3.8, 4) is 11.5 Å². The number of aromatic hydroxyl groups is 1. The van der Waals surface area contributed by atoms with Crippen LogP contribution in [0.2, 0.25) is 0 Å². The molecule has 0 aliphatic carbocycles. The molecule has 2 aromatic carbocycles. The van der Waals surface area contributed by atoms with Crippen LogP contribution in [0, 0.1) is 10.1 Å². The first-order chi connectivity index (χ1) is 9.09. The summed E-state index contributed by atoms with van der Waals surface area (Å²) in [6.45, 7) is 0. The van der Waals surface area contributed by atoms with E-state index in [1.807, 2.05) is 0 Å². The van der Waals surface area contributed by atoms with Crippen molar-refractivity contribution >= 4 is 11.7 Å². The van der Waals surface area contributed by atoms with E-state index in [0.29, 0.717) is 0 Å². The summed E-state index contributed by atoms with van der Waals surface area (Å²) < 4.78 is 4.97. The number of para-hydroxylation sites is 1. The third kappa shape index (κ3) is 2.68. The largest absolute Gasteiger partial charge is 0.507 e. The summed E-state index contributed by atoms with van der Waals surface area (Å²) >= 11 is 0. The predicted octanol–water partition coefficient (Wildman–Crippen LogP) is 2.52. The molecule has 0 saturated carbocycles. The van der Waals surface area contributed by atoms with Gasteiger partial charge in [0.05, 0.1) is 4.92 Å². The van der Waals surface area contributed by atoms with Crippen LogP contribution in [-0.4, -0.2) is 16.0 Å². The summed E-state index contributed by atoms with van der Waals surface area (Å²) in [5.74, 6) is -1.23. The maximum atomic E-state index is 11.9. The van der Waals surface area contributed by atoms with Crippen LogP contribution in [0.5, 0.6) is 11.5 Å². The lowest BCUT2D eigenvalue weighted by Crippen LogP contribution is -2.11. The average Bonchev–Trinajstić information content (AvgIpc) is 2.39. The summed E-state index contributed by atoms with van der Waals surface area (Å²) in [6, 6.07) is 11.7. The van der Waals surface area contributed by atoms with Crippen molar-refractivity contribution in [1.29, 1.82) is 0 Å². The van der Waals surface area contributed by atoms with E-state index in [9.17, 15) is 20.0 Å². The molecule has 0 aliphatic heterocycles. The number of ether oxygens (including phenoxy) is 1. The maximum absolute atomic E-state index is 11.9. The second-order valence-corrected chi connectivity index (χ2v) is 3.63. The lowest BCUT2D eigenvalue weighted by molar-refractivity contribution is -0.385. The Bertz CT molecular complexity index is 624. The minimum atomic E-state index is -0.976. The van der Waals surface area contributed by atoms with Crippen molar-refractivity contribution < 1.29 is 19.6 Å². The Morgan fingerprint density at radius 1 is 1.11 bits per heavy atom. The molecule has 0 spiro atoms. The molecule has 96 valence electrons. The molecule has 0 atom stereocenters. The van der Waals surface area contributed by atoms with Gasteiger partial charge in [0, 0.05) is 6.07 Å². The zero-order valence-electron chi connectivity index (χ0n) is 9.65. The molecule has 0 bridgehead atoms. The third-order valence-corrected chi connectivity index (χ3v) is 2.38. The fourth-order valence-electron chi connectivity index (χ4n) is 1.54. The summed E-state index contributed by atoms with van der Waals surface area (Å²) in [5, 5.41) is 20.4. The van der Waals surface area contributed by atoms with Gasteiger partial charge in [0.2, 0.25) is 0 Å². The number of rotatable bonds is 3. The topological polar surface area (TPSA) is 89.7 Å². The van der Waals surface area contributed by atoms with E-state index < -0.39 is 27.9 Å². The Kier molecular flexibility index (Phi) is 3.42. The molecule has 0 heterocycles. The first-order valence-electron chi connectivity index (χ1n) is 5.33. The number of nitro benzene ring substituents is 1. The highest BCUT2D eigenvalue weighted by Crippen LogP contribution is 2.28. The monoisotopic (exact) mass is 259 g/mol. The molecule has 2 aromatic rings. The molecule has 2 rings (SSSR count). The molecule has 19 heavy (non-hydrogen) atoms. The Balaban J connectivity index is 2.36. The molecule has 6 heteroatoms. The first-order valence-corrected chi connectivity index (χ1v) is 5.33. The predicted molar refractivity (Wildman–Crippen MR) is 66.2 cm³/mol. The second-order valence-electron chi connectivity index (χ2n) is 3.63. The van der Waals surface area contributed by atoms with E-state index in [0.717, 1.165) is 6.07 Å². The van der Waals surface area contributed by atoms with E-state index in [4.69, 9.17) is 4.74 Å². The van der Waals surface area contributed by atoms with Crippen LogP contribution in [-0.2, 0) is 0 Å². The molecule has 1 N–H and O–H groups in total. The van der Waals surface area contributed by atoms with Gasteiger partial charge in [0.15, 0.2) is 5.56 Å². The van der Waals surface area contributed by atoms with E-state index in [1.54, 1.807) is 18.2 Å². The van der Waals surface area contributed by atoms with Gasteiger partial charge in [-0.15, -0.1) is 0 Å². The summed E-state index contributed by atoms with van der Waals surface area (Å²) in [6.07, 6.45) is 0. The van der Waals surface area contributed by atoms with Crippen LogP contribution in [0.25, 0.3) is 0 Å². The van der Waals surface area contributed by atoms with E-state index in [2.05, 4.69) is 0 Å². The van der Waals surface area contributed by atoms with Crippen LogP contribution >= 0.6 is 0 Å². The Morgan fingerprint density at radius 2 is 1.79 bits per heavy atom. The summed E-state index contributed by atoms with van der Waals surface area (Å²) in [4.78, 5) is 21.9. The van der Waals surface area contributed by atoms with Gasteiger partial charge in [0.25, 0.3) is 5.69 Å². The second kappa shape index (κ2) is 5.18. The van der Waals surface area contributed by atoms with Crippen molar-refractivity contribution in [3.05, 3.63) is 64.2 Å². The quantitative estimate of drug-likeness (QED) is 0.396. The number of carbonyl (C=O) groups excluding carboxylic acids is 1. The van der Waals surface area contributed by atoms with Gasteiger partial charge in [-0.25, -0.2) is 4.79 Å². The van der Waals surface area contributed by atoms with Crippen LogP contribution in [0.4, 0.5) is 5.69 Å². The van der Waals surface area contributed by atoms with Crippen LogP contribution < -0.4 is 4.74 Å². The highest BCUT2D eigenvalue weighted by atomic mass is 16.6. The molecule has 6 nitrogen and oxygen atoms in total. The lowest BCUT2D eigenvalue weighted by Gasteiger charge is -2.06. The molecule has 0 unspecified atom stereocenters. The normalized spacial score (nSPS) is 9.89. The summed E-state index contributed by atoms with van der Waals surface area (Å²) in [5.41, 5.74) is -0.961. The van der Waals surface area contributed by atoms with Crippen LogP contribution in [0.15, 0.2) is 48.5 Å². The highest BCUT2D eigenvalue weighted by molar-refractivity contribution is 5.98. The van der Waals surface area contributed by atoms with Gasteiger partial charge >= 0.3 is 5.97 Å². The average molecular weight is 259 g/mol. The molecule has 0 saturated heterocycles. The third-order valence-electron chi connectivity index (χ3n) is 2.38. The Morgan fingerprint density at radius 3 is 2.42 bits per heavy atom. The maximum Gasteiger partial charge on any atom is 0.354 e. The van der Waals surface area contributed by atoms with E-state index in [-0.39, 0.29) is 5.75 Å². The SMILES string of the molecule is O=C(Oc1ccccc1)c1c(O)cccc1[N+](=O)[O-]. The smallest absolute Gasteiger partial charge is 0.354 e. The standard InChI is InChI=1S/C13H9NO5/c15-11-8-4-7-10(14(17)18)12(11)13(16)19-9-5-2-1-3-6-9/h1-8,15H. The van der Waals surface area contributed by atoms with Gasteiger partial charge in [-0.1, -0.05) is 24.3 Å². The number of carbonyl (C=O) groups is 1. The molecule has 0 fully saturated rings. The lowest BCUT2D eigenvalue weighted by atomic mass is 10.1. The molecule has 0 aliphatic rings. The first kappa shape index (κ1) is 12.6. The Labute approximate surface area is 108 Å². The molecule has 0 aromatic heterocycles. The zero-order valence-corrected chi connectivity index (χ0v) is 9.65. The number of nitrogens with zero attached hydrogens (tertiary/aromatic N) is 1. The van der Waals surface area contributed by atoms with Crippen molar-refractivity contribution in [2.75, 3.05) is 0 Å². The van der Waals surface area contributed by atoms with E-state index >= 15 is 0 Å². The molecule has 0 amide bonds. The van der Waals surface area contributed by atoms with Crippen LogP contribution in [0.3, 0.4) is 0 Å². The fourth-order valence-corrected chi connectivity index (χ4v) is 1.54. The van der Waals surface area contributed by atoms with Crippen molar-refractivity contribution in [3.63, 3.8) is 0 Å². The zero-order chi connectivity index (χ0) is 13.8. The number of hydrogen-bond acceptors (Lipinski definition) is 5. The van der Waals surface area contributed by atoms with Crippen molar-refractivity contribution in [2.45, 2.75) is 0 Å². The van der Waals surface area contributed by atoms with E-state index in [1.165, 1.54) is 24.3 Å². The Hall–Kier alpha value is -2.89. The number of esters is 1. The highest BCUT2D eigenvalue weighted by Gasteiger charge is 2.25. The molecular formula is C13H9NO5. The summed E-state index contributed by atoms with van der Waals surface area (Å²) in [7, 11) is 0. The fraction of sp³-hybridized carbons (Fsp3) is 0.